The molecule has 4 nitrogen and oxygen atoms in total. The van der Waals surface area contributed by atoms with Gasteiger partial charge in [0.2, 0.25) is 11.8 Å². The molecule has 0 aliphatic carbocycles. The normalized spacial score (nSPS) is 12.5. The van der Waals surface area contributed by atoms with Crippen LogP contribution in [0.3, 0.4) is 0 Å². The van der Waals surface area contributed by atoms with Crippen molar-refractivity contribution in [2.24, 2.45) is 17.4 Å². The van der Waals surface area contributed by atoms with Crippen LogP contribution in [-0.2, 0) is 9.59 Å². The fourth-order valence-corrected chi connectivity index (χ4v) is 0.501. The molecule has 0 saturated carbocycles. The Labute approximate surface area is 59.6 Å². The van der Waals surface area contributed by atoms with E-state index in [1.807, 2.05) is 0 Å². The molecule has 1 atom stereocenters. The third-order valence-electron chi connectivity index (χ3n) is 1.31. The van der Waals surface area contributed by atoms with Gasteiger partial charge in [-0.2, -0.15) is 0 Å². The van der Waals surface area contributed by atoms with E-state index in [0.717, 1.165) is 0 Å². The van der Waals surface area contributed by atoms with Crippen LogP contribution in [0.4, 0.5) is 0 Å². The van der Waals surface area contributed by atoms with Gasteiger partial charge in [-0.1, -0.05) is 6.92 Å². The molecule has 0 bridgehead atoms. The van der Waals surface area contributed by atoms with Crippen LogP contribution in [0.2, 0.25) is 0 Å². The third-order valence-corrected chi connectivity index (χ3v) is 1.31. The van der Waals surface area contributed by atoms with Crippen LogP contribution in [-0.4, -0.2) is 11.8 Å². The summed E-state index contributed by atoms with van der Waals surface area (Å²) < 4.78 is 0. The number of carbonyl (C=O) groups is 2. The molecule has 0 spiro atoms. The van der Waals surface area contributed by atoms with Gasteiger partial charge >= 0.3 is 0 Å². The summed E-state index contributed by atoms with van der Waals surface area (Å²) in [5.74, 6) is -1.04. The highest BCUT2D eigenvalue weighted by Gasteiger charge is 2.08. The molecular formula is C6H12N2O2. The second kappa shape index (κ2) is 3.87. The molecular weight excluding hydrogens is 132 g/mol. The minimum absolute atomic E-state index is 0.226. The number of primary amides is 2. The first kappa shape index (κ1) is 8.94. The average Bonchev–Trinajstić information content (AvgIpc) is 1.82. The number of hydrogen-bond acceptors (Lipinski definition) is 2. The molecule has 0 aromatic heterocycles. The Morgan fingerprint density at radius 1 is 1.40 bits per heavy atom. The van der Waals surface area contributed by atoms with Crippen LogP contribution in [0, 0.1) is 5.92 Å². The summed E-state index contributed by atoms with van der Waals surface area (Å²) in [5, 5.41) is 0. The van der Waals surface area contributed by atoms with Crippen molar-refractivity contribution in [3.63, 3.8) is 0 Å². The summed E-state index contributed by atoms with van der Waals surface area (Å²) in [6, 6.07) is 0. The van der Waals surface area contributed by atoms with Crippen LogP contribution in [0.25, 0.3) is 0 Å². The van der Waals surface area contributed by atoms with Gasteiger partial charge in [0.25, 0.3) is 0 Å². The lowest BCUT2D eigenvalue weighted by atomic mass is 10.1. The van der Waals surface area contributed by atoms with Gasteiger partial charge in [0.05, 0.1) is 0 Å². The number of rotatable bonds is 4. The SMILES string of the molecule is CC(CCC(N)=O)C(N)=O. The van der Waals surface area contributed by atoms with Gasteiger partial charge in [-0.25, -0.2) is 0 Å². The van der Waals surface area contributed by atoms with Gasteiger partial charge in [-0.15, -0.1) is 0 Å². The second-order valence-electron chi connectivity index (χ2n) is 2.31. The van der Waals surface area contributed by atoms with Crippen LogP contribution >= 0.6 is 0 Å². The molecule has 0 fully saturated rings. The summed E-state index contributed by atoms with van der Waals surface area (Å²) in [6.07, 6.45) is 0.675. The lowest BCUT2D eigenvalue weighted by molar-refractivity contribution is -0.122. The highest BCUT2D eigenvalue weighted by molar-refractivity contribution is 5.78. The van der Waals surface area contributed by atoms with Crippen LogP contribution < -0.4 is 11.5 Å². The van der Waals surface area contributed by atoms with E-state index in [0.29, 0.717) is 6.42 Å². The molecule has 2 amide bonds. The molecule has 0 saturated heterocycles. The van der Waals surface area contributed by atoms with Crippen molar-refractivity contribution in [1.29, 1.82) is 0 Å². The second-order valence-corrected chi connectivity index (χ2v) is 2.31. The van der Waals surface area contributed by atoms with E-state index in [1.165, 1.54) is 0 Å². The molecule has 0 heterocycles. The molecule has 0 aromatic rings. The van der Waals surface area contributed by atoms with E-state index in [-0.39, 0.29) is 18.2 Å². The fraction of sp³-hybridized carbons (Fsp3) is 0.667. The lowest BCUT2D eigenvalue weighted by Gasteiger charge is -2.02. The maximum Gasteiger partial charge on any atom is 0.220 e. The van der Waals surface area contributed by atoms with Gasteiger partial charge in [-0.05, 0) is 6.42 Å². The number of nitrogens with two attached hydrogens (primary N) is 2. The predicted molar refractivity (Wildman–Crippen MR) is 36.8 cm³/mol. The van der Waals surface area contributed by atoms with Crippen molar-refractivity contribution in [2.45, 2.75) is 19.8 Å². The van der Waals surface area contributed by atoms with Gasteiger partial charge < -0.3 is 11.5 Å². The van der Waals surface area contributed by atoms with Crippen molar-refractivity contribution in [3.8, 4) is 0 Å². The van der Waals surface area contributed by atoms with E-state index in [2.05, 4.69) is 0 Å². The maximum atomic E-state index is 10.4. The maximum absolute atomic E-state index is 10.4. The highest BCUT2D eigenvalue weighted by atomic mass is 16.1. The Hall–Kier alpha value is -1.06. The first-order chi connectivity index (χ1) is 4.54. The van der Waals surface area contributed by atoms with E-state index in [1.54, 1.807) is 6.92 Å². The van der Waals surface area contributed by atoms with Crippen molar-refractivity contribution < 1.29 is 9.59 Å². The third kappa shape index (κ3) is 3.88. The quantitative estimate of drug-likeness (QED) is 0.550. The van der Waals surface area contributed by atoms with Crippen molar-refractivity contribution in [1.82, 2.24) is 0 Å². The summed E-state index contributed by atoms with van der Waals surface area (Å²) in [6.45, 7) is 1.67. The molecule has 58 valence electrons. The molecule has 0 radical (unpaired) electrons. The van der Waals surface area contributed by atoms with Crippen LogP contribution in [0.5, 0.6) is 0 Å². The van der Waals surface area contributed by atoms with Crippen molar-refractivity contribution >= 4 is 11.8 Å². The van der Waals surface area contributed by atoms with E-state index in [4.69, 9.17) is 11.5 Å². The molecule has 1 unspecified atom stereocenters. The molecule has 0 aliphatic heterocycles. The van der Waals surface area contributed by atoms with Crippen molar-refractivity contribution in [2.75, 3.05) is 0 Å². The van der Waals surface area contributed by atoms with Crippen molar-refractivity contribution in [3.05, 3.63) is 0 Å². The topological polar surface area (TPSA) is 86.2 Å². The molecule has 10 heavy (non-hydrogen) atoms. The predicted octanol–water partition coefficient (Wildman–Crippen LogP) is -0.627. The van der Waals surface area contributed by atoms with E-state index >= 15 is 0 Å². The monoisotopic (exact) mass is 144 g/mol. The molecule has 4 N–H and O–H groups in total. The fourth-order valence-electron chi connectivity index (χ4n) is 0.501. The molecule has 0 aromatic carbocycles. The summed E-state index contributed by atoms with van der Waals surface area (Å²) in [7, 11) is 0. The number of amides is 2. The number of carbonyl (C=O) groups excluding carboxylic acids is 2. The molecule has 4 heteroatoms. The first-order valence-electron chi connectivity index (χ1n) is 3.11. The molecule has 0 rings (SSSR count). The minimum atomic E-state index is -0.395. The van der Waals surface area contributed by atoms with Gasteiger partial charge in [0, 0.05) is 12.3 Å². The summed E-state index contributed by atoms with van der Waals surface area (Å²) >= 11 is 0. The van der Waals surface area contributed by atoms with Gasteiger partial charge in [-0.3, -0.25) is 9.59 Å². The zero-order valence-electron chi connectivity index (χ0n) is 5.96. The van der Waals surface area contributed by atoms with E-state index < -0.39 is 5.91 Å². The van der Waals surface area contributed by atoms with E-state index in [9.17, 15) is 9.59 Å². The first-order valence-corrected chi connectivity index (χ1v) is 3.11. The molecule has 0 aliphatic rings. The zero-order chi connectivity index (χ0) is 8.15. The highest BCUT2D eigenvalue weighted by Crippen LogP contribution is 2.02. The Balaban J connectivity index is 3.49. The Morgan fingerprint density at radius 3 is 2.20 bits per heavy atom. The smallest absolute Gasteiger partial charge is 0.220 e. The Kier molecular flexibility index (Phi) is 3.46. The standard InChI is InChI=1S/C6H12N2O2/c1-4(6(8)10)2-3-5(7)9/h4H,2-3H2,1H3,(H2,7,9)(H2,8,10). The largest absolute Gasteiger partial charge is 0.370 e. The van der Waals surface area contributed by atoms with Gasteiger partial charge in [0.1, 0.15) is 0 Å². The summed E-state index contributed by atoms with van der Waals surface area (Å²) in [4.78, 5) is 20.6. The number of hydrogen-bond donors (Lipinski definition) is 2. The average molecular weight is 144 g/mol. The Bertz CT molecular complexity index is 145. The minimum Gasteiger partial charge on any atom is -0.370 e. The van der Waals surface area contributed by atoms with Gasteiger partial charge in [0.15, 0.2) is 0 Å². The lowest BCUT2D eigenvalue weighted by Crippen LogP contribution is -2.22. The zero-order valence-corrected chi connectivity index (χ0v) is 5.96. The Morgan fingerprint density at radius 2 is 1.90 bits per heavy atom. The summed E-state index contributed by atoms with van der Waals surface area (Å²) in [5.41, 5.74) is 9.78. The van der Waals surface area contributed by atoms with Crippen LogP contribution in [0.1, 0.15) is 19.8 Å². The van der Waals surface area contributed by atoms with Crippen LogP contribution in [0.15, 0.2) is 0 Å².